The lowest BCUT2D eigenvalue weighted by Crippen LogP contribution is -2.51. The van der Waals surface area contributed by atoms with Crippen molar-refractivity contribution in [3.63, 3.8) is 0 Å². The van der Waals surface area contributed by atoms with Gasteiger partial charge in [0.15, 0.2) is 0 Å². The molecule has 1 aliphatic rings. The summed E-state index contributed by atoms with van der Waals surface area (Å²) >= 11 is 0. The van der Waals surface area contributed by atoms with E-state index in [-0.39, 0.29) is 32.1 Å². The molecule has 0 aliphatic carbocycles. The number of aliphatic carboxylic acids is 1. The van der Waals surface area contributed by atoms with E-state index in [0.717, 1.165) is 0 Å². The van der Waals surface area contributed by atoms with E-state index in [2.05, 4.69) is 5.32 Å². The van der Waals surface area contributed by atoms with Crippen molar-refractivity contribution < 1.29 is 43.3 Å². The van der Waals surface area contributed by atoms with Crippen LogP contribution in [0.15, 0.2) is 0 Å². The van der Waals surface area contributed by atoms with E-state index in [4.69, 9.17) is 14.2 Å². The molecule has 0 aromatic heterocycles. The Hall–Kier alpha value is -2.81. The molecule has 0 aromatic rings. The van der Waals surface area contributed by atoms with Gasteiger partial charge in [0, 0.05) is 52.4 Å². The fraction of sp³-hybridized carbons (Fsp3) is 0.839. The number of carboxylic acid groups (broad SMARTS) is 1. The number of rotatable bonds is 10. The van der Waals surface area contributed by atoms with E-state index in [1.54, 1.807) is 62.3 Å². The number of esters is 3. The van der Waals surface area contributed by atoms with Crippen LogP contribution >= 0.6 is 0 Å². The molecule has 260 valence electrons. The fourth-order valence-corrected chi connectivity index (χ4v) is 4.43. The standard InChI is InChI=1S/C31H57N5O9/c1-23(28(41)42)32-24(37)19-33-11-13-34(20-25(38)43-29(2,3)4)15-17-36(22-27(40)45-31(8,9)10)18-16-35(14-12-33)21-26(39)44-30(5,6)7/h23H,11-22H2,1-10H3,(H,32,37)(H,41,42). The predicted molar refractivity (Wildman–Crippen MR) is 169 cm³/mol. The number of carboxylic acids is 1. The number of hydrogen-bond donors (Lipinski definition) is 2. The van der Waals surface area contributed by atoms with Crippen molar-refractivity contribution in [1.82, 2.24) is 24.9 Å². The minimum Gasteiger partial charge on any atom is -0.480 e. The molecular weight excluding hydrogens is 586 g/mol. The Morgan fingerprint density at radius 2 is 0.800 bits per heavy atom. The van der Waals surface area contributed by atoms with E-state index >= 15 is 0 Å². The minimum absolute atomic E-state index is 0.0123. The van der Waals surface area contributed by atoms with Crippen LogP contribution in [0.3, 0.4) is 0 Å². The molecular formula is C31H57N5O9. The van der Waals surface area contributed by atoms with Crippen LogP contribution in [-0.2, 0) is 38.2 Å². The number of carbonyl (C=O) groups excluding carboxylic acids is 4. The molecule has 0 radical (unpaired) electrons. The maximum Gasteiger partial charge on any atom is 0.325 e. The summed E-state index contributed by atoms with van der Waals surface area (Å²) in [4.78, 5) is 70.0. The van der Waals surface area contributed by atoms with Crippen LogP contribution < -0.4 is 5.32 Å². The number of carbonyl (C=O) groups is 5. The summed E-state index contributed by atoms with van der Waals surface area (Å²) < 4.78 is 16.7. The van der Waals surface area contributed by atoms with Gasteiger partial charge in [-0.05, 0) is 69.2 Å². The van der Waals surface area contributed by atoms with E-state index in [1.807, 2.05) is 19.6 Å². The van der Waals surface area contributed by atoms with Gasteiger partial charge in [0.1, 0.15) is 22.8 Å². The zero-order valence-electron chi connectivity index (χ0n) is 29.1. The number of ether oxygens (including phenoxy) is 3. The smallest absolute Gasteiger partial charge is 0.325 e. The molecule has 2 N–H and O–H groups in total. The monoisotopic (exact) mass is 643 g/mol. The van der Waals surface area contributed by atoms with Gasteiger partial charge < -0.3 is 24.6 Å². The van der Waals surface area contributed by atoms with Crippen LogP contribution in [0.5, 0.6) is 0 Å². The molecule has 1 fully saturated rings. The third kappa shape index (κ3) is 20.0. The zero-order valence-corrected chi connectivity index (χ0v) is 29.1. The third-order valence-electron chi connectivity index (χ3n) is 6.36. The molecule has 1 amide bonds. The van der Waals surface area contributed by atoms with Crippen molar-refractivity contribution in [2.75, 3.05) is 78.5 Å². The third-order valence-corrected chi connectivity index (χ3v) is 6.36. The Morgan fingerprint density at radius 1 is 0.556 bits per heavy atom. The molecule has 1 saturated heterocycles. The molecule has 1 aliphatic heterocycles. The topological polar surface area (TPSA) is 158 Å². The van der Waals surface area contributed by atoms with Crippen LogP contribution in [0, 0.1) is 0 Å². The van der Waals surface area contributed by atoms with Gasteiger partial charge in [0.25, 0.3) is 0 Å². The van der Waals surface area contributed by atoms with Crippen molar-refractivity contribution in [3.05, 3.63) is 0 Å². The van der Waals surface area contributed by atoms with Crippen LogP contribution in [0.4, 0.5) is 0 Å². The highest BCUT2D eigenvalue weighted by molar-refractivity contribution is 5.84. The first-order chi connectivity index (χ1) is 20.5. The zero-order chi connectivity index (χ0) is 34.6. The van der Waals surface area contributed by atoms with Crippen LogP contribution in [0.1, 0.15) is 69.2 Å². The lowest BCUT2D eigenvalue weighted by Gasteiger charge is -2.34. The SMILES string of the molecule is CC(NC(=O)CN1CCN(CC(=O)OC(C)(C)C)CCN(CC(=O)OC(C)(C)C)CCN(CC(=O)OC(C)(C)C)CC1)C(=O)O. The van der Waals surface area contributed by atoms with Crippen molar-refractivity contribution in [3.8, 4) is 0 Å². The number of nitrogens with zero attached hydrogens (tertiary/aromatic N) is 4. The lowest BCUT2D eigenvalue weighted by molar-refractivity contribution is -0.158. The summed E-state index contributed by atoms with van der Waals surface area (Å²) in [6.07, 6.45) is 0. The van der Waals surface area contributed by atoms with Crippen molar-refractivity contribution in [2.24, 2.45) is 0 Å². The van der Waals surface area contributed by atoms with Gasteiger partial charge in [-0.3, -0.25) is 43.6 Å². The average Bonchev–Trinajstić information content (AvgIpc) is 2.81. The number of amides is 1. The molecule has 0 aromatic carbocycles. The highest BCUT2D eigenvalue weighted by atomic mass is 16.6. The predicted octanol–water partition coefficient (Wildman–Crippen LogP) is 0.822. The summed E-state index contributed by atoms with van der Waals surface area (Å²) in [6, 6.07) is -1.05. The quantitative estimate of drug-likeness (QED) is 0.255. The average molecular weight is 644 g/mol. The first-order valence-electron chi connectivity index (χ1n) is 15.6. The molecule has 1 atom stereocenters. The van der Waals surface area contributed by atoms with Crippen LogP contribution in [-0.4, -0.2) is 156 Å². The summed E-state index contributed by atoms with van der Waals surface area (Å²) in [5.41, 5.74) is -1.96. The Bertz CT molecular complexity index is 955. The summed E-state index contributed by atoms with van der Waals surface area (Å²) in [7, 11) is 0. The van der Waals surface area contributed by atoms with Gasteiger partial charge in [-0.25, -0.2) is 0 Å². The second kappa shape index (κ2) is 17.8. The molecule has 14 heteroatoms. The van der Waals surface area contributed by atoms with E-state index in [1.165, 1.54) is 6.92 Å². The first kappa shape index (κ1) is 40.2. The molecule has 45 heavy (non-hydrogen) atoms. The molecule has 1 heterocycles. The molecule has 0 saturated carbocycles. The fourth-order valence-electron chi connectivity index (χ4n) is 4.43. The number of nitrogens with one attached hydrogen (secondary N) is 1. The summed E-state index contributed by atoms with van der Waals surface area (Å²) in [5.74, 6) is -2.74. The van der Waals surface area contributed by atoms with Crippen molar-refractivity contribution in [1.29, 1.82) is 0 Å². The van der Waals surface area contributed by atoms with Crippen LogP contribution in [0.2, 0.25) is 0 Å². The minimum atomic E-state index is -1.14. The largest absolute Gasteiger partial charge is 0.480 e. The summed E-state index contributed by atoms with van der Waals surface area (Å²) in [6.45, 7) is 20.8. The molecule has 0 spiro atoms. The highest BCUT2D eigenvalue weighted by Crippen LogP contribution is 2.11. The van der Waals surface area contributed by atoms with Gasteiger partial charge in [0.05, 0.1) is 26.2 Å². The second-order valence-electron chi connectivity index (χ2n) is 14.5. The van der Waals surface area contributed by atoms with Gasteiger partial charge in [-0.15, -0.1) is 0 Å². The Morgan fingerprint density at radius 3 is 1.02 bits per heavy atom. The first-order valence-corrected chi connectivity index (χ1v) is 15.6. The van der Waals surface area contributed by atoms with E-state index < -0.39 is 46.7 Å². The highest BCUT2D eigenvalue weighted by Gasteiger charge is 2.26. The normalized spacial score (nSPS) is 18.2. The van der Waals surface area contributed by atoms with Gasteiger partial charge >= 0.3 is 23.9 Å². The molecule has 1 unspecified atom stereocenters. The number of hydrogen-bond acceptors (Lipinski definition) is 12. The maximum absolute atomic E-state index is 12.8. The van der Waals surface area contributed by atoms with E-state index in [0.29, 0.717) is 52.4 Å². The maximum atomic E-state index is 12.8. The van der Waals surface area contributed by atoms with Gasteiger partial charge in [0.2, 0.25) is 5.91 Å². The van der Waals surface area contributed by atoms with Crippen LogP contribution in [0.25, 0.3) is 0 Å². The molecule has 14 nitrogen and oxygen atoms in total. The lowest BCUT2D eigenvalue weighted by atomic mass is 10.2. The van der Waals surface area contributed by atoms with Crippen molar-refractivity contribution >= 4 is 29.8 Å². The molecule has 1 rings (SSSR count). The Labute approximate surface area is 268 Å². The van der Waals surface area contributed by atoms with Gasteiger partial charge in [-0.2, -0.15) is 0 Å². The second-order valence-corrected chi connectivity index (χ2v) is 14.5. The van der Waals surface area contributed by atoms with Gasteiger partial charge in [-0.1, -0.05) is 0 Å². The van der Waals surface area contributed by atoms with Crippen molar-refractivity contribution in [2.45, 2.75) is 92.1 Å². The molecule has 0 bridgehead atoms. The Balaban J connectivity index is 3.24. The van der Waals surface area contributed by atoms with E-state index in [9.17, 15) is 29.1 Å². The summed E-state index contributed by atoms with van der Waals surface area (Å²) in [5, 5.41) is 11.7. The Kier molecular flexibility index (Phi) is 15.9.